The van der Waals surface area contributed by atoms with Crippen LogP contribution in [0.4, 0.5) is 4.39 Å². The average Bonchev–Trinajstić information content (AvgIpc) is 3.19. The molecule has 3 aromatic carbocycles. The molecule has 3 aromatic rings. The Morgan fingerprint density at radius 3 is 2.50 bits per heavy atom. The highest BCUT2D eigenvalue weighted by Gasteiger charge is 2.36. The van der Waals surface area contributed by atoms with Gasteiger partial charge in [0.2, 0.25) is 0 Å². The maximum absolute atomic E-state index is 13.8. The van der Waals surface area contributed by atoms with Gasteiger partial charge in [0.25, 0.3) is 5.91 Å². The van der Waals surface area contributed by atoms with Crippen molar-refractivity contribution in [2.45, 2.75) is 19.2 Å². The maximum atomic E-state index is 13.8. The van der Waals surface area contributed by atoms with Crippen molar-refractivity contribution in [3.8, 4) is 5.75 Å². The summed E-state index contributed by atoms with van der Waals surface area (Å²) in [6.45, 7) is 3.92. The number of hydrogen-bond acceptors (Lipinski definition) is 4. The Balaban J connectivity index is 1.79. The number of hydrazone groups is 1. The number of ether oxygens (including phenoxy) is 1. The molecule has 0 N–H and O–H groups in total. The molecule has 0 bridgehead atoms. The smallest absolute Gasteiger partial charge is 0.275 e. The topological polar surface area (TPSA) is 41.9 Å². The molecule has 1 heterocycles. The molecular weight excluding hydrogens is 399 g/mol. The lowest BCUT2D eigenvalue weighted by atomic mass is 10.1. The summed E-state index contributed by atoms with van der Waals surface area (Å²) in [6.07, 6.45) is 0. The molecule has 1 amide bonds. The number of carbonyl (C=O) groups is 1. The quantitative estimate of drug-likeness (QED) is 0.544. The van der Waals surface area contributed by atoms with Crippen LogP contribution in [0.15, 0.2) is 71.8 Å². The zero-order chi connectivity index (χ0) is 21.3. The standard InChI is InChI=1S/C24H21FN2O2S/c1-15-8-10-17(11-9-15)22-26-27(23(28)19-7-5-4-6-16(19)2)24(30-22)20-13-12-18(25)14-21(20)29-3/h4-14,24H,1-3H3/t24-/m1/s1. The molecule has 0 spiro atoms. The van der Waals surface area contributed by atoms with Crippen LogP contribution in [0, 0.1) is 19.7 Å². The summed E-state index contributed by atoms with van der Waals surface area (Å²) < 4.78 is 19.2. The first-order valence-corrected chi connectivity index (χ1v) is 10.4. The molecule has 0 aromatic heterocycles. The number of carbonyl (C=O) groups excluding carboxylic acids is 1. The van der Waals surface area contributed by atoms with Gasteiger partial charge in [0.1, 0.15) is 22.0 Å². The zero-order valence-corrected chi connectivity index (χ0v) is 17.7. The molecular formula is C24H21FN2O2S. The average molecular weight is 421 g/mol. The number of thioether (sulfide) groups is 1. The number of aryl methyl sites for hydroxylation is 2. The largest absolute Gasteiger partial charge is 0.496 e. The molecule has 4 nitrogen and oxygen atoms in total. The number of hydrogen-bond donors (Lipinski definition) is 0. The van der Waals surface area contributed by atoms with Crippen molar-refractivity contribution in [2.24, 2.45) is 5.10 Å². The van der Waals surface area contributed by atoms with E-state index in [1.54, 1.807) is 12.1 Å². The predicted molar refractivity (Wildman–Crippen MR) is 118 cm³/mol. The van der Waals surface area contributed by atoms with Crippen LogP contribution >= 0.6 is 11.8 Å². The Kier molecular flexibility index (Phi) is 5.59. The summed E-state index contributed by atoms with van der Waals surface area (Å²) in [4.78, 5) is 13.4. The van der Waals surface area contributed by atoms with Crippen molar-refractivity contribution < 1.29 is 13.9 Å². The van der Waals surface area contributed by atoms with Crippen molar-refractivity contribution in [1.82, 2.24) is 5.01 Å². The van der Waals surface area contributed by atoms with Gasteiger partial charge >= 0.3 is 0 Å². The SMILES string of the molecule is COc1cc(F)ccc1[C@H]1SC(c2ccc(C)cc2)=NN1C(=O)c1ccccc1C. The van der Waals surface area contributed by atoms with E-state index in [4.69, 9.17) is 4.74 Å². The van der Waals surface area contributed by atoms with Crippen molar-refractivity contribution in [3.63, 3.8) is 0 Å². The minimum absolute atomic E-state index is 0.209. The zero-order valence-electron chi connectivity index (χ0n) is 16.9. The fourth-order valence-corrected chi connectivity index (χ4v) is 4.51. The highest BCUT2D eigenvalue weighted by Crippen LogP contribution is 2.45. The Morgan fingerprint density at radius 1 is 1.07 bits per heavy atom. The highest BCUT2D eigenvalue weighted by molar-refractivity contribution is 8.14. The van der Waals surface area contributed by atoms with Gasteiger partial charge in [-0.1, -0.05) is 59.8 Å². The fraction of sp³-hybridized carbons (Fsp3) is 0.167. The minimum atomic E-state index is -0.469. The van der Waals surface area contributed by atoms with E-state index >= 15 is 0 Å². The van der Waals surface area contributed by atoms with Crippen molar-refractivity contribution >= 4 is 22.7 Å². The Labute approximate surface area is 179 Å². The van der Waals surface area contributed by atoms with E-state index in [9.17, 15) is 9.18 Å². The molecule has 0 radical (unpaired) electrons. The first-order valence-electron chi connectivity index (χ1n) is 9.53. The van der Waals surface area contributed by atoms with Gasteiger partial charge in [-0.15, -0.1) is 0 Å². The number of nitrogens with zero attached hydrogens (tertiary/aromatic N) is 2. The maximum Gasteiger partial charge on any atom is 0.275 e. The van der Waals surface area contributed by atoms with Crippen molar-refractivity contribution in [3.05, 3.63) is 100 Å². The van der Waals surface area contributed by atoms with Crippen LogP contribution in [0.3, 0.4) is 0 Å². The van der Waals surface area contributed by atoms with Crippen LogP contribution in [-0.2, 0) is 0 Å². The lowest BCUT2D eigenvalue weighted by molar-refractivity contribution is 0.0747. The van der Waals surface area contributed by atoms with Gasteiger partial charge in [-0.3, -0.25) is 4.79 Å². The van der Waals surface area contributed by atoms with E-state index in [1.807, 2.05) is 56.3 Å². The summed E-state index contributed by atoms with van der Waals surface area (Å²) in [5.41, 5.74) is 4.22. The van der Waals surface area contributed by atoms with Gasteiger partial charge in [0.15, 0.2) is 0 Å². The number of amides is 1. The minimum Gasteiger partial charge on any atom is -0.496 e. The van der Waals surface area contributed by atoms with Gasteiger partial charge in [0.05, 0.1) is 7.11 Å². The third-order valence-corrected chi connectivity index (χ3v) is 6.21. The summed E-state index contributed by atoms with van der Waals surface area (Å²) in [7, 11) is 1.49. The first-order chi connectivity index (χ1) is 14.5. The molecule has 152 valence electrons. The third-order valence-electron chi connectivity index (χ3n) is 4.99. The molecule has 1 aliphatic rings. The third kappa shape index (κ3) is 3.83. The monoisotopic (exact) mass is 420 g/mol. The molecule has 1 aliphatic heterocycles. The van der Waals surface area contributed by atoms with E-state index in [-0.39, 0.29) is 5.91 Å². The van der Waals surface area contributed by atoms with Crippen LogP contribution in [-0.4, -0.2) is 23.1 Å². The van der Waals surface area contributed by atoms with E-state index in [1.165, 1.54) is 36.0 Å². The molecule has 1 atom stereocenters. The normalized spacial score (nSPS) is 15.8. The van der Waals surface area contributed by atoms with E-state index in [0.717, 1.165) is 21.7 Å². The number of halogens is 1. The van der Waals surface area contributed by atoms with E-state index < -0.39 is 11.2 Å². The van der Waals surface area contributed by atoms with Gasteiger partial charge in [-0.05, 0) is 37.6 Å². The van der Waals surface area contributed by atoms with Crippen molar-refractivity contribution in [2.75, 3.05) is 7.11 Å². The lowest BCUT2D eigenvalue weighted by Gasteiger charge is -2.23. The van der Waals surface area contributed by atoms with Crippen LogP contribution in [0.5, 0.6) is 5.75 Å². The number of rotatable bonds is 4. The number of benzene rings is 3. The number of methoxy groups -OCH3 is 1. The Bertz CT molecular complexity index is 1130. The molecule has 0 saturated carbocycles. The Morgan fingerprint density at radius 2 is 1.80 bits per heavy atom. The second kappa shape index (κ2) is 8.32. The Hall–Kier alpha value is -3.12. The molecule has 0 saturated heterocycles. The van der Waals surface area contributed by atoms with Crippen LogP contribution in [0.25, 0.3) is 0 Å². The van der Waals surface area contributed by atoms with Gasteiger partial charge < -0.3 is 4.74 Å². The first kappa shape index (κ1) is 20.2. The van der Waals surface area contributed by atoms with Crippen LogP contribution < -0.4 is 4.74 Å². The molecule has 0 aliphatic carbocycles. The lowest BCUT2D eigenvalue weighted by Crippen LogP contribution is -2.27. The van der Waals surface area contributed by atoms with Gasteiger partial charge in [-0.25, -0.2) is 9.40 Å². The molecule has 0 unspecified atom stereocenters. The second-order valence-corrected chi connectivity index (χ2v) is 8.16. The molecule has 30 heavy (non-hydrogen) atoms. The summed E-state index contributed by atoms with van der Waals surface area (Å²) in [6, 6.07) is 19.8. The summed E-state index contributed by atoms with van der Waals surface area (Å²) in [5, 5.41) is 6.41. The van der Waals surface area contributed by atoms with Gasteiger partial charge in [0, 0.05) is 22.8 Å². The van der Waals surface area contributed by atoms with Crippen LogP contribution in [0.2, 0.25) is 0 Å². The van der Waals surface area contributed by atoms with Crippen molar-refractivity contribution in [1.29, 1.82) is 0 Å². The van der Waals surface area contributed by atoms with Crippen LogP contribution in [0.1, 0.15) is 38.0 Å². The molecule has 6 heteroatoms. The summed E-state index contributed by atoms with van der Waals surface area (Å²) in [5.74, 6) is -0.218. The van der Waals surface area contributed by atoms with E-state index in [0.29, 0.717) is 16.9 Å². The fourth-order valence-electron chi connectivity index (χ4n) is 3.32. The molecule has 0 fully saturated rings. The summed E-state index contributed by atoms with van der Waals surface area (Å²) >= 11 is 1.45. The second-order valence-electron chi connectivity index (χ2n) is 7.09. The highest BCUT2D eigenvalue weighted by atomic mass is 32.2. The molecule has 4 rings (SSSR count). The van der Waals surface area contributed by atoms with Gasteiger partial charge in [-0.2, -0.15) is 5.10 Å². The van der Waals surface area contributed by atoms with E-state index in [2.05, 4.69) is 5.10 Å². The predicted octanol–water partition coefficient (Wildman–Crippen LogP) is 5.70.